The lowest BCUT2D eigenvalue weighted by Gasteiger charge is -2.27. The van der Waals surface area contributed by atoms with Gasteiger partial charge in [0.2, 0.25) is 0 Å². The third kappa shape index (κ3) is 2.54. The first kappa shape index (κ1) is 14.2. The van der Waals surface area contributed by atoms with Gasteiger partial charge in [0.05, 0.1) is 24.7 Å². The van der Waals surface area contributed by atoms with E-state index >= 15 is 0 Å². The first-order valence-corrected chi connectivity index (χ1v) is 5.69. The molecular weight excluding hydrogens is 270 g/mol. The zero-order valence-corrected chi connectivity index (χ0v) is 10.3. The normalized spacial score (nSPS) is 11.8. The molecule has 0 fully saturated rings. The molecule has 0 saturated heterocycles. The number of benzene rings is 1. The number of fused-ring (bicyclic) bond motifs is 1. The smallest absolute Gasteiger partial charge is 0.296 e. The average molecular weight is 283 g/mol. The molecule has 0 saturated carbocycles. The highest BCUT2D eigenvalue weighted by molar-refractivity contribution is 5.77. The maximum absolute atomic E-state index is 10.7. The van der Waals surface area contributed by atoms with Crippen molar-refractivity contribution in [1.29, 1.82) is 0 Å². The Bertz CT molecular complexity index is 613. The predicted octanol–water partition coefficient (Wildman–Crippen LogP) is -0.136. The third-order valence-corrected chi connectivity index (χ3v) is 2.86. The number of nitro groups is 1. The van der Waals surface area contributed by atoms with Crippen LogP contribution in [0.1, 0.15) is 0 Å². The van der Waals surface area contributed by atoms with Gasteiger partial charge < -0.3 is 25.1 Å². The quantitative estimate of drug-likeness (QED) is 0.424. The lowest BCUT2D eigenvalue weighted by atomic mass is 10.0. The van der Waals surface area contributed by atoms with E-state index in [-0.39, 0.29) is 17.2 Å². The molecule has 9 heteroatoms. The molecule has 108 valence electrons. The molecule has 0 atom stereocenters. The topological polar surface area (TPSA) is 142 Å². The minimum atomic E-state index is -1.38. The molecule has 0 unspecified atom stereocenters. The molecule has 1 aromatic heterocycles. The van der Waals surface area contributed by atoms with Gasteiger partial charge in [-0.3, -0.25) is 10.1 Å². The van der Waals surface area contributed by atoms with Gasteiger partial charge >= 0.3 is 0 Å². The Morgan fingerprint density at radius 3 is 2.50 bits per heavy atom. The van der Waals surface area contributed by atoms with Crippen LogP contribution in [0.3, 0.4) is 0 Å². The van der Waals surface area contributed by atoms with Gasteiger partial charge in [0.15, 0.2) is 5.58 Å². The van der Waals surface area contributed by atoms with Gasteiger partial charge in [0, 0.05) is 12.1 Å². The molecule has 4 N–H and O–H groups in total. The second-order valence-corrected chi connectivity index (χ2v) is 4.31. The summed E-state index contributed by atoms with van der Waals surface area (Å²) in [4.78, 5) is 14.1. The summed E-state index contributed by atoms with van der Waals surface area (Å²) in [5.41, 5.74) is -0.951. The Kier molecular flexibility index (Phi) is 3.84. The maximum atomic E-state index is 10.7. The van der Waals surface area contributed by atoms with Crippen LogP contribution in [0.5, 0.6) is 0 Å². The van der Waals surface area contributed by atoms with E-state index in [1.807, 2.05) is 0 Å². The molecule has 0 spiro atoms. The SMILES string of the molecule is O=[N+]([O-])c1ccc2oc(NC(CO)(CO)CO)nc2c1. The van der Waals surface area contributed by atoms with Crippen molar-refractivity contribution in [3.8, 4) is 0 Å². The van der Waals surface area contributed by atoms with Crippen molar-refractivity contribution in [3.63, 3.8) is 0 Å². The number of non-ortho nitro benzene ring substituents is 1. The van der Waals surface area contributed by atoms with E-state index in [1.54, 1.807) is 0 Å². The summed E-state index contributed by atoms with van der Waals surface area (Å²) in [5.74, 6) is 0. The van der Waals surface area contributed by atoms with Gasteiger partial charge in [0.25, 0.3) is 11.7 Å². The molecule has 2 rings (SSSR count). The fourth-order valence-corrected chi connectivity index (χ4v) is 1.58. The minimum Gasteiger partial charge on any atom is -0.424 e. The summed E-state index contributed by atoms with van der Waals surface area (Å²) in [6.45, 7) is -1.63. The Morgan fingerprint density at radius 1 is 1.30 bits per heavy atom. The van der Waals surface area contributed by atoms with Crippen molar-refractivity contribution in [3.05, 3.63) is 28.3 Å². The average Bonchev–Trinajstić information content (AvgIpc) is 2.85. The largest absolute Gasteiger partial charge is 0.424 e. The number of nitrogens with one attached hydrogen (secondary N) is 1. The Balaban J connectivity index is 2.34. The fraction of sp³-hybridized carbons (Fsp3) is 0.364. The summed E-state index contributed by atoms with van der Waals surface area (Å²) in [6, 6.07) is 3.85. The Labute approximate surface area is 112 Å². The highest BCUT2D eigenvalue weighted by Crippen LogP contribution is 2.25. The van der Waals surface area contributed by atoms with Crippen LogP contribution in [-0.4, -0.2) is 50.6 Å². The summed E-state index contributed by atoms with van der Waals surface area (Å²) >= 11 is 0. The van der Waals surface area contributed by atoms with Crippen LogP contribution in [0.4, 0.5) is 11.7 Å². The van der Waals surface area contributed by atoms with Gasteiger partial charge in [-0.15, -0.1) is 0 Å². The van der Waals surface area contributed by atoms with Crippen LogP contribution >= 0.6 is 0 Å². The maximum Gasteiger partial charge on any atom is 0.296 e. The van der Waals surface area contributed by atoms with E-state index in [9.17, 15) is 25.4 Å². The van der Waals surface area contributed by atoms with Gasteiger partial charge in [-0.2, -0.15) is 4.98 Å². The molecule has 0 radical (unpaired) electrons. The molecule has 9 nitrogen and oxygen atoms in total. The number of aliphatic hydroxyl groups is 3. The Hall–Kier alpha value is -2.23. The van der Waals surface area contributed by atoms with Crippen molar-refractivity contribution >= 4 is 22.8 Å². The first-order valence-electron chi connectivity index (χ1n) is 5.69. The van der Waals surface area contributed by atoms with Crippen LogP contribution in [-0.2, 0) is 0 Å². The standard InChI is InChI=1S/C11H13N3O6/c15-4-11(5-16,6-17)13-10-12-8-3-7(14(18)19)1-2-9(8)20-10/h1-3,15-17H,4-6H2,(H,12,13). The number of rotatable bonds is 6. The van der Waals surface area contributed by atoms with Crippen molar-refractivity contribution in [2.24, 2.45) is 0 Å². The first-order chi connectivity index (χ1) is 9.53. The van der Waals surface area contributed by atoms with E-state index in [4.69, 9.17) is 4.42 Å². The summed E-state index contributed by atoms with van der Waals surface area (Å²) in [7, 11) is 0. The monoisotopic (exact) mass is 283 g/mol. The molecule has 2 aromatic rings. The van der Waals surface area contributed by atoms with E-state index in [0.29, 0.717) is 5.58 Å². The summed E-state index contributed by atoms with van der Waals surface area (Å²) < 4.78 is 5.29. The Morgan fingerprint density at radius 2 is 1.95 bits per heavy atom. The zero-order valence-electron chi connectivity index (χ0n) is 10.3. The molecule has 1 aromatic carbocycles. The highest BCUT2D eigenvalue weighted by atomic mass is 16.6. The number of nitro benzene ring substituents is 1. The van der Waals surface area contributed by atoms with Gasteiger partial charge in [0.1, 0.15) is 11.1 Å². The second-order valence-electron chi connectivity index (χ2n) is 4.31. The molecule has 0 amide bonds. The predicted molar refractivity (Wildman–Crippen MR) is 68.3 cm³/mol. The number of oxazole rings is 1. The highest BCUT2D eigenvalue weighted by Gasteiger charge is 2.29. The van der Waals surface area contributed by atoms with Crippen molar-refractivity contribution in [2.45, 2.75) is 5.54 Å². The summed E-state index contributed by atoms with van der Waals surface area (Å²) in [6.07, 6.45) is 0. The number of hydrogen-bond acceptors (Lipinski definition) is 8. The fourth-order valence-electron chi connectivity index (χ4n) is 1.58. The third-order valence-electron chi connectivity index (χ3n) is 2.86. The zero-order chi connectivity index (χ0) is 14.8. The number of hydrogen-bond donors (Lipinski definition) is 4. The lowest BCUT2D eigenvalue weighted by Crippen LogP contribution is -2.49. The molecule has 0 aliphatic carbocycles. The van der Waals surface area contributed by atoms with E-state index in [0.717, 1.165) is 0 Å². The number of nitrogens with zero attached hydrogens (tertiary/aromatic N) is 2. The molecule has 0 bridgehead atoms. The number of anilines is 1. The van der Waals surface area contributed by atoms with Crippen LogP contribution in [0.25, 0.3) is 11.1 Å². The summed E-state index contributed by atoms with van der Waals surface area (Å²) in [5, 5.41) is 40.8. The van der Waals surface area contributed by atoms with Crippen LogP contribution in [0, 0.1) is 10.1 Å². The van der Waals surface area contributed by atoms with Crippen LogP contribution in [0.15, 0.2) is 22.6 Å². The van der Waals surface area contributed by atoms with Crippen LogP contribution < -0.4 is 5.32 Å². The van der Waals surface area contributed by atoms with Gasteiger partial charge in [-0.25, -0.2) is 0 Å². The van der Waals surface area contributed by atoms with Gasteiger partial charge in [-0.1, -0.05) is 0 Å². The lowest BCUT2D eigenvalue weighted by molar-refractivity contribution is -0.384. The van der Waals surface area contributed by atoms with Crippen molar-refractivity contribution in [1.82, 2.24) is 4.98 Å². The molecule has 20 heavy (non-hydrogen) atoms. The van der Waals surface area contributed by atoms with E-state index < -0.39 is 30.3 Å². The molecule has 0 aliphatic heterocycles. The molecule has 1 heterocycles. The van der Waals surface area contributed by atoms with Gasteiger partial charge in [-0.05, 0) is 6.07 Å². The molecular formula is C11H13N3O6. The van der Waals surface area contributed by atoms with E-state index in [1.165, 1.54) is 18.2 Å². The number of aromatic nitrogens is 1. The number of aliphatic hydroxyl groups excluding tert-OH is 3. The molecule has 0 aliphatic rings. The van der Waals surface area contributed by atoms with E-state index in [2.05, 4.69) is 10.3 Å². The van der Waals surface area contributed by atoms with Crippen LogP contribution in [0.2, 0.25) is 0 Å². The van der Waals surface area contributed by atoms with Crippen molar-refractivity contribution < 1.29 is 24.7 Å². The minimum absolute atomic E-state index is 0.0577. The second kappa shape index (κ2) is 5.41. The van der Waals surface area contributed by atoms with Crippen molar-refractivity contribution in [2.75, 3.05) is 25.1 Å².